The molecule has 0 aliphatic carbocycles. The van der Waals surface area contributed by atoms with Crippen molar-refractivity contribution in [1.29, 1.82) is 0 Å². The van der Waals surface area contributed by atoms with Gasteiger partial charge in [0.2, 0.25) is 0 Å². The molecule has 9 nitrogen and oxygen atoms in total. The van der Waals surface area contributed by atoms with Gasteiger partial charge in [-0.1, -0.05) is 0 Å². The molecule has 2 aromatic heterocycles. The number of carboxylic acids is 1. The Labute approximate surface area is 162 Å². The van der Waals surface area contributed by atoms with E-state index in [9.17, 15) is 4.79 Å². The van der Waals surface area contributed by atoms with Gasteiger partial charge in [-0.25, -0.2) is 14.6 Å². The summed E-state index contributed by atoms with van der Waals surface area (Å²) in [5.74, 6) is 1.28. The minimum Gasteiger partial charge on any atom is -0.491 e. The van der Waals surface area contributed by atoms with Crippen LogP contribution in [0, 0.1) is 0 Å². The number of aromatic nitrogens is 5. The van der Waals surface area contributed by atoms with Gasteiger partial charge in [-0.2, -0.15) is 5.10 Å². The second-order valence-electron chi connectivity index (χ2n) is 7.03. The smallest absolute Gasteiger partial charge is 0.325 e. The summed E-state index contributed by atoms with van der Waals surface area (Å²) in [6, 6.07) is 5.03. The van der Waals surface area contributed by atoms with Crippen LogP contribution in [-0.2, 0) is 11.3 Å². The molecular weight excluding hydrogens is 360 g/mol. The maximum atomic E-state index is 11.1. The van der Waals surface area contributed by atoms with Crippen LogP contribution >= 0.6 is 0 Å². The van der Waals surface area contributed by atoms with E-state index in [-0.39, 0.29) is 6.04 Å². The Balaban J connectivity index is 1.72. The lowest BCUT2D eigenvalue weighted by Gasteiger charge is -2.13. The number of benzene rings is 1. The molecule has 0 bridgehead atoms. The lowest BCUT2D eigenvalue weighted by Crippen LogP contribution is -2.25. The summed E-state index contributed by atoms with van der Waals surface area (Å²) in [5, 5.41) is 16.3. The summed E-state index contributed by atoms with van der Waals surface area (Å²) in [4.78, 5) is 20.3. The minimum absolute atomic E-state index is 0.180. The van der Waals surface area contributed by atoms with E-state index in [0.717, 1.165) is 22.9 Å². The number of ether oxygens (including phenoxy) is 1. The van der Waals surface area contributed by atoms with Crippen molar-refractivity contribution < 1.29 is 14.6 Å². The van der Waals surface area contributed by atoms with E-state index in [1.165, 1.54) is 0 Å². The summed E-state index contributed by atoms with van der Waals surface area (Å²) < 4.78 is 9.78. The zero-order chi connectivity index (χ0) is 19.8. The van der Waals surface area contributed by atoms with Gasteiger partial charge in [-0.15, -0.1) is 0 Å². The monoisotopic (exact) mass is 382 g/mol. The Hall–Kier alpha value is -3.36. The van der Waals surface area contributed by atoms with Gasteiger partial charge in [-0.3, -0.25) is 4.79 Å². The molecule has 0 amide bonds. The van der Waals surface area contributed by atoms with Crippen molar-refractivity contribution in [3.05, 3.63) is 30.7 Å². The molecule has 0 saturated carbocycles. The van der Waals surface area contributed by atoms with E-state index in [1.807, 2.05) is 33.6 Å². The van der Waals surface area contributed by atoms with Crippen molar-refractivity contribution in [2.45, 2.75) is 39.4 Å². The molecule has 1 aliphatic rings. The molecule has 0 unspecified atom stereocenters. The van der Waals surface area contributed by atoms with Crippen molar-refractivity contribution in [3.8, 4) is 28.7 Å². The number of carbonyl (C=O) groups is 1. The lowest BCUT2D eigenvalue weighted by atomic mass is 10.1. The number of hydrogen-bond acceptors (Lipinski definition) is 6. The third-order valence-electron chi connectivity index (χ3n) is 4.63. The number of carboxylic acid groups (broad SMARTS) is 1. The minimum atomic E-state index is -0.912. The summed E-state index contributed by atoms with van der Waals surface area (Å²) >= 11 is 0. The van der Waals surface area contributed by atoms with Crippen LogP contribution < -0.4 is 10.1 Å². The maximum absolute atomic E-state index is 11.1. The van der Waals surface area contributed by atoms with Gasteiger partial charge >= 0.3 is 5.97 Å². The van der Waals surface area contributed by atoms with Gasteiger partial charge in [0.25, 0.3) is 0 Å². The van der Waals surface area contributed by atoms with E-state index < -0.39 is 12.0 Å². The number of imidazole rings is 1. The Morgan fingerprint density at radius 1 is 1.29 bits per heavy atom. The van der Waals surface area contributed by atoms with Crippen molar-refractivity contribution in [2.75, 3.05) is 11.9 Å². The highest BCUT2D eigenvalue weighted by molar-refractivity contribution is 5.78. The first-order valence-electron chi connectivity index (χ1n) is 9.17. The van der Waals surface area contributed by atoms with Crippen LogP contribution in [0.5, 0.6) is 5.75 Å². The van der Waals surface area contributed by atoms with Crippen LogP contribution in [0.2, 0.25) is 0 Å². The van der Waals surface area contributed by atoms with Crippen molar-refractivity contribution in [1.82, 2.24) is 24.3 Å². The molecule has 146 valence electrons. The summed E-state index contributed by atoms with van der Waals surface area (Å²) in [6.45, 7) is 6.84. The predicted molar refractivity (Wildman–Crippen MR) is 103 cm³/mol. The van der Waals surface area contributed by atoms with Gasteiger partial charge in [0.05, 0.1) is 12.1 Å². The number of anilines is 1. The van der Waals surface area contributed by atoms with Crippen LogP contribution in [-0.4, -0.2) is 48.0 Å². The van der Waals surface area contributed by atoms with Crippen LogP contribution in [0.3, 0.4) is 0 Å². The first-order chi connectivity index (χ1) is 13.4. The third-order valence-corrected chi connectivity index (χ3v) is 4.63. The van der Waals surface area contributed by atoms with E-state index in [2.05, 4.69) is 29.2 Å². The molecule has 0 saturated heterocycles. The Kier molecular flexibility index (Phi) is 4.50. The molecule has 9 heteroatoms. The number of fused-ring (bicyclic) bond motifs is 3. The predicted octanol–water partition coefficient (Wildman–Crippen LogP) is 2.67. The molecule has 0 fully saturated rings. The molecule has 2 N–H and O–H groups in total. The maximum Gasteiger partial charge on any atom is 0.325 e. The zero-order valence-corrected chi connectivity index (χ0v) is 16.0. The normalized spacial score (nSPS) is 14.0. The fourth-order valence-corrected chi connectivity index (χ4v) is 3.20. The Morgan fingerprint density at radius 2 is 2.11 bits per heavy atom. The molecule has 0 radical (unpaired) electrons. The molecule has 0 spiro atoms. The largest absolute Gasteiger partial charge is 0.491 e. The Bertz CT molecular complexity index is 1020. The van der Waals surface area contributed by atoms with E-state index in [1.54, 1.807) is 13.3 Å². The van der Waals surface area contributed by atoms with Crippen LogP contribution in [0.1, 0.15) is 26.8 Å². The second kappa shape index (κ2) is 6.99. The number of aliphatic carboxylic acids is 1. The average Bonchev–Trinajstić information content (AvgIpc) is 3.26. The number of rotatable bonds is 5. The third kappa shape index (κ3) is 3.19. The van der Waals surface area contributed by atoms with Crippen molar-refractivity contribution in [3.63, 3.8) is 0 Å². The molecule has 4 rings (SSSR count). The molecule has 3 heterocycles. The quantitative estimate of drug-likeness (QED) is 0.698. The molecule has 1 aliphatic heterocycles. The van der Waals surface area contributed by atoms with E-state index >= 15 is 0 Å². The fourth-order valence-electron chi connectivity index (χ4n) is 3.20. The summed E-state index contributed by atoms with van der Waals surface area (Å²) in [6.07, 6.45) is 3.51. The van der Waals surface area contributed by atoms with Crippen LogP contribution in [0.15, 0.2) is 30.7 Å². The van der Waals surface area contributed by atoms with Gasteiger partial charge in [0.1, 0.15) is 36.2 Å². The molecule has 1 atom stereocenters. The van der Waals surface area contributed by atoms with E-state index in [4.69, 9.17) is 14.8 Å². The molecule has 3 aromatic rings. The number of hydrogen-bond donors (Lipinski definition) is 2. The second-order valence-corrected chi connectivity index (χ2v) is 7.03. The van der Waals surface area contributed by atoms with Crippen molar-refractivity contribution in [2.24, 2.45) is 0 Å². The van der Waals surface area contributed by atoms with Gasteiger partial charge in [-0.05, 0) is 32.9 Å². The first-order valence-corrected chi connectivity index (χ1v) is 9.17. The SMILES string of the molecule is CC(C)n1ncnc1-c1cn2c(n1)-c1ccc(N[C@@H](C)C(=O)O)cc1OCC2. The highest BCUT2D eigenvalue weighted by Gasteiger charge is 2.22. The lowest BCUT2D eigenvalue weighted by molar-refractivity contribution is -0.137. The highest BCUT2D eigenvalue weighted by atomic mass is 16.5. The van der Waals surface area contributed by atoms with Gasteiger partial charge < -0.3 is 19.7 Å². The summed E-state index contributed by atoms with van der Waals surface area (Å²) in [5.41, 5.74) is 2.30. The highest BCUT2D eigenvalue weighted by Crippen LogP contribution is 2.35. The van der Waals surface area contributed by atoms with Crippen LogP contribution in [0.25, 0.3) is 22.9 Å². The van der Waals surface area contributed by atoms with Crippen molar-refractivity contribution >= 4 is 11.7 Å². The van der Waals surface area contributed by atoms with Crippen LogP contribution in [0.4, 0.5) is 5.69 Å². The standard InChI is InChI=1S/C19H22N6O3/c1-11(2)25-18(20-10-21-25)15-9-24-6-7-28-16-8-13(22-12(3)19(26)27)4-5-14(16)17(24)23-15/h4-5,8-12,22H,6-7H2,1-3H3,(H,26,27)/t12-/m0/s1. The topological polar surface area (TPSA) is 107 Å². The summed E-state index contributed by atoms with van der Waals surface area (Å²) in [7, 11) is 0. The van der Waals surface area contributed by atoms with Gasteiger partial charge in [0, 0.05) is 24.0 Å². The average molecular weight is 382 g/mol. The van der Waals surface area contributed by atoms with Gasteiger partial charge in [0.15, 0.2) is 5.82 Å². The fraction of sp³-hybridized carbons (Fsp3) is 0.368. The molecular formula is C19H22N6O3. The molecule has 1 aromatic carbocycles. The zero-order valence-electron chi connectivity index (χ0n) is 16.0. The number of nitrogens with zero attached hydrogens (tertiary/aromatic N) is 5. The Morgan fingerprint density at radius 3 is 2.86 bits per heavy atom. The van der Waals surface area contributed by atoms with E-state index in [0.29, 0.717) is 24.6 Å². The molecule has 28 heavy (non-hydrogen) atoms. The first kappa shape index (κ1) is 18.0. The number of nitrogens with one attached hydrogen (secondary N) is 1.